The summed E-state index contributed by atoms with van der Waals surface area (Å²) >= 11 is -0.826. The van der Waals surface area contributed by atoms with Crippen LogP contribution in [0.15, 0.2) is 109 Å². The van der Waals surface area contributed by atoms with Gasteiger partial charge in [-0.3, -0.25) is 0 Å². The summed E-state index contributed by atoms with van der Waals surface area (Å²) in [4.78, 5) is 0. The Hall–Kier alpha value is -2.85. The average Bonchev–Trinajstić information content (AvgIpc) is 3.78. The first-order valence-electron chi connectivity index (χ1n) is 19.1. The van der Waals surface area contributed by atoms with E-state index in [2.05, 4.69) is 81.5 Å². The quantitative estimate of drug-likeness (QED) is 0.0918. The van der Waals surface area contributed by atoms with Crippen LogP contribution in [0.2, 0.25) is 13.1 Å². The van der Waals surface area contributed by atoms with Crippen LogP contribution in [0.25, 0.3) is 43.8 Å². The van der Waals surface area contributed by atoms with Gasteiger partial charge in [0.2, 0.25) is 0 Å². The van der Waals surface area contributed by atoms with Gasteiger partial charge in [0.25, 0.3) is 5.41 Å². The Bertz CT molecular complexity index is 2170. The molecule has 0 unspecified atom stereocenters. The van der Waals surface area contributed by atoms with Crippen molar-refractivity contribution in [2.45, 2.75) is 102 Å². The van der Waals surface area contributed by atoms with Gasteiger partial charge >= 0.3 is 56.4 Å². The molecule has 7 rings (SSSR count). The molecule has 0 bridgehead atoms. The van der Waals surface area contributed by atoms with Gasteiger partial charge in [-0.15, -0.1) is 69.1 Å². The molecular weight excluding hydrogens is 914 g/mol. The summed E-state index contributed by atoms with van der Waals surface area (Å²) in [6.07, 6.45) is -12.9. The van der Waals surface area contributed by atoms with Gasteiger partial charge in [-0.25, -0.2) is 0 Å². The van der Waals surface area contributed by atoms with Crippen LogP contribution in [0.1, 0.15) is 80.0 Å². The van der Waals surface area contributed by atoms with Crippen molar-refractivity contribution >= 4 is 48.1 Å². The molecule has 314 valence electrons. The third-order valence-electron chi connectivity index (χ3n) is 10.5. The number of hydrogen-bond acceptors (Lipinski definition) is 0. The summed E-state index contributed by atoms with van der Waals surface area (Å²) in [6, 6.07) is 31.5. The molecule has 2 radical (unpaired) electrons. The van der Waals surface area contributed by atoms with Gasteiger partial charge in [0.05, 0.1) is 0 Å². The van der Waals surface area contributed by atoms with Crippen molar-refractivity contribution in [1.82, 2.24) is 0 Å². The molecule has 13 heteroatoms. The molecule has 0 spiro atoms. The van der Waals surface area contributed by atoms with E-state index in [-0.39, 0.29) is 17.7 Å². The predicted octanol–water partition coefficient (Wildman–Crippen LogP) is 17.0. The molecule has 0 nitrogen and oxygen atoms in total. The summed E-state index contributed by atoms with van der Waals surface area (Å²) in [5.41, 5.74) is -0.643. The van der Waals surface area contributed by atoms with E-state index in [0.717, 1.165) is 38.5 Å². The molecule has 6 aromatic rings. The molecule has 59 heavy (non-hydrogen) atoms. The molecule has 6 aromatic carbocycles. The zero-order chi connectivity index (χ0) is 43.8. The summed E-state index contributed by atoms with van der Waals surface area (Å²) in [6.45, 7) is 10.6. The zero-order valence-electron chi connectivity index (χ0n) is 33.2. The van der Waals surface area contributed by atoms with Crippen molar-refractivity contribution in [2.75, 3.05) is 0 Å². The second kappa shape index (κ2) is 20.8. The fourth-order valence-electron chi connectivity index (χ4n) is 7.74. The number of halogens is 11. The molecule has 0 heterocycles. The van der Waals surface area contributed by atoms with E-state index >= 15 is 0 Å². The second-order valence-electron chi connectivity index (χ2n) is 14.9. The Morgan fingerprint density at radius 1 is 0.627 bits per heavy atom. The van der Waals surface area contributed by atoms with Gasteiger partial charge in [0.15, 0.2) is 0 Å². The predicted molar refractivity (Wildman–Crippen MR) is 224 cm³/mol. The Morgan fingerprint density at radius 2 is 1.05 bits per heavy atom. The number of rotatable bonds is 5. The molecule has 1 fully saturated rings. The van der Waals surface area contributed by atoms with E-state index < -0.39 is 50.4 Å². The summed E-state index contributed by atoms with van der Waals surface area (Å²) < 4.78 is 119. The number of fused-ring (bicyclic) bond motifs is 2. The van der Waals surface area contributed by atoms with Crippen LogP contribution >= 0.6 is 17.0 Å². The van der Waals surface area contributed by atoms with Gasteiger partial charge in [-0.2, -0.15) is 51.6 Å². The Balaban J connectivity index is 0.000000233. The van der Waals surface area contributed by atoms with E-state index in [1.165, 1.54) is 59.6 Å². The second-order valence-corrected chi connectivity index (χ2v) is 19.7. The first-order valence-corrected chi connectivity index (χ1v) is 27.4. The van der Waals surface area contributed by atoms with Gasteiger partial charge < -0.3 is 0 Å². The fourth-order valence-corrected chi connectivity index (χ4v) is 7.74. The van der Waals surface area contributed by atoms with E-state index in [4.69, 9.17) is 17.0 Å². The molecular formula is C46H45Cl2F9SiZr. The summed E-state index contributed by atoms with van der Waals surface area (Å²) in [5, 5.41) is 4.31. The monoisotopic (exact) mass is 956 g/mol. The average molecular weight is 959 g/mol. The normalized spacial score (nSPS) is 13.8. The topological polar surface area (TPSA) is 0 Å². The van der Waals surface area contributed by atoms with Crippen LogP contribution in [-0.4, -0.2) is 28.0 Å². The maximum absolute atomic E-state index is 13.2. The van der Waals surface area contributed by atoms with Crippen LogP contribution < -0.4 is 0 Å². The Labute approximate surface area is 361 Å². The van der Waals surface area contributed by atoms with Gasteiger partial charge in [-0.1, -0.05) is 125 Å². The van der Waals surface area contributed by atoms with Crippen LogP contribution in [0.4, 0.5) is 39.5 Å². The van der Waals surface area contributed by atoms with Crippen LogP contribution in [-0.2, 0) is 26.3 Å². The standard InChI is InChI=1S/C24H27.C20H12F9.C2H6Si.2ClH.Zr/c1-17(2)18-11-13-20(14-12-18)23-10-6-9-21-15-22(16-24(21)23)19-7-4-3-5-8-19;1-11-9-13-3-2-4-15(16(13)10-11)12-5-7-14(8-6-12)17(18(21,22)23,19(24,25)26)20(27,28)29;1-3-2;;;/h6,9-17,19H,3-5,7-8H2,1-2H3;2-10H,1H3;1-2H3;2*1H;/q2*-1;;;;+4/p-2. The molecule has 1 aliphatic carbocycles. The van der Waals surface area contributed by atoms with Crippen molar-refractivity contribution in [1.29, 1.82) is 0 Å². The van der Waals surface area contributed by atoms with E-state index in [1.807, 2.05) is 6.07 Å². The van der Waals surface area contributed by atoms with Crippen LogP contribution in [0.3, 0.4) is 0 Å². The first-order chi connectivity index (χ1) is 27.7. The number of hydrogen-bond donors (Lipinski definition) is 0. The molecule has 0 N–H and O–H groups in total. The molecule has 0 amide bonds. The minimum absolute atomic E-state index is 0.199. The van der Waals surface area contributed by atoms with Crippen molar-refractivity contribution in [3.8, 4) is 22.3 Å². The Kier molecular flexibility index (Phi) is 17.2. The van der Waals surface area contributed by atoms with Gasteiger partial charge in [-0.05, 0) is 46.9 Å². The van der Waals surface area contributed by atoms with Gasteiger partial charge in [0, 0.05) is 9.52 Å². The molecule has 0 aliphatic heterocycles. The molecule has 0 saturated heterocycles. The summed E-state index contributed by atoms with van der Waals surface area (Å²) in [7, 11) is 11.0. The van der Waals surface area contributed by atoms with Crippen molar-refractivity contribution < 1.29 is 60.4 Å². The van der Waals surface area contributed by atoms with Crippen molar-refractivity contribution in [2.24, 2.45) is 0 Å². The third-order valence-corrected chi connectivity index (χ3v) is 10.5. The third kappa shape index (κ3) is 11.2. The van der Waals surface area contributed by atoms with Crippen molar-refractivity contribution in [3.05, 3.63) is 131 Å². The van der Waals surface area contributed by atoms with Crippen LogP contribution in [0.5, 0.6) is 0 Å². The minimum atomic E-state index is -6.63. The number of benzene rings is 4. The number of alkyl halides is 9. The number of aryl methyl sites for hydroxylation is 1. The van der Waals surface area contributed by atoms with E-state index in [0.29, 0.717) is 16.9 Å². The van der Waals surface area contributed by atoms with Crippen LogP contribution in [0, 0.1) is 6.92 Å². The SMILES string of the molecule is CC(C)c1ccc(-c2cccc3[cH-]c(C4CCCCC4)cc23)cc1.C[Si]C.Cc1cc2c(-c3ccc(C(C(F)(F)F)(C(F)(F)F)C(F)(F)F)cc3)cccc2[cH-]1.[Cl][Zr+2][Cl]. The summed E-state index contributed by atoms with van der Waals surface area (Å²) in [5.74, 6) is 1.37. The van der Waals surface area contributed by atoms with Crippen molar-refractivity contribution in [3.63, 3.8) is 0 Å². The Morgan fingerprint density at radius 3 is 1.49 bits per heavy atom. The van der Waals surface area contributed by atoms with Gasteiger partial charge in [0.1, 0.15) is 0 Å². The van der Waals surface area contributed by atoms with E-state index in [1.54, 1.807) is 36.8 Å². The molecule has 0 aromatic heterocycles. The zero-order valence-corrected chi connectivity index (χ0v) is 38.2. The van der Waals surface area contributed by atoms with E-state index in [9.17, 15) is 39.5 Å². The molecule has 1 aliphatic rings. The maximum atomic E-state index is 13.2. The molecule has 0 atom stereocenters. The fraction of sp³-hybridized carbons (Fsp3) is 0.348. The first kappa shape index (κ1) is 48.8. The molecule has 1 saturated carbocycles.